The predicted octanol–water partition coefficient (Wildman–Crippen LogP) is 2.87. The highest BCUT2D eigenvalue weighted by Crippen LogP contribution is 2.15. The van der Waals surface area contributed by atoms with Crippen LogP contribution in [0.3, 0.4) is 0 Å². The first-order valence-electron chi connectivity index (χ1n) is 9.44. The molecule has 0 bridgehead atoms. The summed E-state index contributed by atoms with van der Waals surface area (Å²) in [5.74, 6) is -0.401. The first kappa shape index (κ1) is 20.2. The summed E-state index contributed by atoms with van der Waals surface area (Å²) in [4.78, 5) is 26.1. The van der Waals surface area contributed by atoms with Crippen molar-refractivity contribution in [3.63, 3.8) is 0 Å². The molecule has 3 aromatic rings. The lowest BCUT2D eigenvalue weighted by Crippen LogP contribution is -2.31. The topological polar surface area (TPSA) is 92.2 Å². The number of rotatable bonds is 7. The Bertz CT molecular complexity index is 998. The summed E-state index contributed by atoms with van der Waals surface area (Å²) in [6.45, 7) is 5.91. The van der Waals surface area contributed by atoms with Crippen LogP contribution in [0.25, 0.3) is 11.0 Å². The molecule has 8 nitrogen and oxygen atoms in total. The van der Waals surface area contributed by atoms with Crippen LogP contribution in [-0.4, -0.2) is 51.5 Å². The van der Waals surface area contributed by atoms with E-state index in [0.717, 1.165) is 5.52 Å². The van der Waals surface area contributed by atoms with E-state index in [4.69, 9.17) is 0 Å². The Kier molecular flexibility index (Phi) is 6.38. The third-order valence-corrected chi connectivity index (χ3v) is 4.52. The predicted molar refractivity (Wildman–Crippen MR) is 108 cm³/mol. The number of nitrogens with one attached hydrogen (secondary N) is 2. The molecule has 0 aliphatic heterocycles. The van der Waals surface area contributed by atoms with Gasteiger partial charge >= 0.3 is 6.03 Å². The maximum atomic E-state index is 12.9. The number of nitrogens with zero attached hydrogens (tertiary/aromatic N) is 4. The number of carbonyl (C=O) groups is 2. The summed E-state index contributed by atoms with van der Waals surface area (Å²) < 4.78 is 14.6. The highest BCUT2D eigenvalue weighted by molar-refractivity contribution is 5.97. The van der Waals surface area contributed by atoms with Gasteiger partial charge in [-0.1, -0.05) is 5.21 Å². The second-order valence-corrected chi connectivity index (χ2v) is 6.38. The molecule has 3 rings (SSSR count). The summed E-state index contributed by atoms with van der Waals surface area (Å²) in [6, 6.07) is 10.4. The van der Waals surface area contributed by atoms with E-state index >= 15 is 0 Å². The highest BCUT2D eigenvalue weighted by atomic mass is 19.1. The average Bonchev–Trinajstić information content (AvgIpc) is 3.13. The Morgan fingerprint density at radius 3 is 2.52 bits per heavy atom. The molecular formula is C20H23FN6O2. The van der Waals surface area contributed by atoms with Crippen molar-refractivity contribution in [1.82, 2.24) is 25.2 Å². The van der Waals surface area contributed by atoms with Crippen molar-refractivity contribution in [1.29, 1.82) is 0 Å². The molecule has 0 saturated heterocycles. The first-order chi connectivity index (χ1) is 14.0. The molecule has 1 heterocycles. The van der Waals surface area contributed by atoms with Crippen molar-refractivity contribution in [2.45, 2.75) is 20.4 Å². The van der Waals surface area contributed by atoms with Gasteiger partial charge in [0.2, 0.25) is 0 Å². The van der Waals surface area contributed by atoms with Gasteiger partial charge in [-0.2, -0.15) is 0 Å². The van der Waals surface area contributed by atoms with Crippen molar-refractivity contribution in [2.75, 3.05) is 25.0 Å². The molecule has 152 valence electrons. The molecule has 0 spiro atoms. The van der Waals surface area contributed by atoms with Crippen molar-refractivity contribution in [3.8, 4) is 0 Å². The molecule has 2 aromatic carbocycles. The van der Waals surface area contributed by atoms with E-state index in [1.807, 2.05) is 19.9 Å². The molecule has 0 fully saturated rings. The standard InChI is InChI=1S/C20H23FN6O2/c1-3-26(4-2)19(28)14-5-10-18-17(13-14)24-25-27(18)12-11-22-20(29)23-16-8-6-15(21)7-9-16/h5-10,13H,3-4,11-12H2,1-2H3,(H2,22,23,29). The largest absolute Gasteiger partial charge is 0.339 e. The van der Waals surface area contributed by atoms with Gasteiger partial charge in [0.25, 0.3) is 5.91 Å². The minimum absolute atomic E-state index is 0.0365. The zero-order valence-corrected chi connectivity index (χ0v) is 16.4. The SMILES string of the molecule is CCN(CC)C(=O)c1ccc2c(c1)nnn2CCNC(=O)Nc1ccc(F)cc1. The molecule has 0 aliphatic carbocycles. The van der Waals surface area contributed by atoms with E-state index in [1.165, 1.54) is 24.3 Å². The monoisotopic (exact) mass is 398 g/mol. The molecule has 9 heteroatoms. The summed E-state index contributed by atoms with van der Waals surface area (Å²) in [5.41, 5.74) is 2.48. The summed E-state index contributed by atoms with van der Waals surface area (Å²) in [6.07, 6.45) is 0. The molecule has 1 aromatic heterocycles. The Balaban J connectivity index is 1.58. The maximum absolute atomic E-state index is 12.9. The molecule has 0 atom stereocenters. The third kappa shape index (κ3) is 4.87. The van der Waals surface area contributed by atoms with E-state index in [1.54, 1.807) is 21.7 Å². The molecule has 2 N–H and O–H groups in total. The minimum atomic E-state index is -0.395. The van der Waals surface area contributed by atoms with Gasteiger partial charge in [0.1, 0.15) is 11.3 Å². The quantitative estimate of drug-likeness (QED) is 0.640. The van der Waals surface area contributed by atoms with Gasteiger partial charge in [-0.05, 0) is 56.3 Å². The molecule has 3 amide bonds. The highest BCUT2D eigenvalue weighted by Gasteiger charge is 2.14. The Labute approximate surface area is 167 Å². The number of halogens is 1. The fourth-order valence-electron chi connectivity index (χ4n) is 2.95. The van der Waals surface area contributed by atoms with E-state index in [0.29, 0.717) is 42.9 Å². The number of urea groups is 1. The van der Waals surface area contributed by atoms with Gasteiger partial charge in [0.05, 0.1) is 12.1 Å². The number of benzene rings is 2. The van der Waals surface area contributed by atoms with Crippen LogP contribution in [0.4, 0.5) is 14.9 Å². The number of hydrogen-bond donors (Lipinski definition) is 2. The van der Waals surface area contributed by atoms with Crippen molar-refractivity contribution < 1.29 is 14.0 Å². The fourth-order valence-corrected chi connectivity index (χ4v) is 2.95. The van der Waals surface area contributed by atoms with Gasteiger partial charge in [-0.15, -0.1) is 5.10 Å². The average molecular weight is 398 g/mol. The number of aromatic nitrogens is 3. The lowest BCUT2D eigenvalue weighted by molar-refractivity contribution is 0.0773. The Hall–Kier alpha value is -3.49. The van der Waals surface area contributed by atoms with Crippen LogP contribution in [0.5, 0.6) is 0 Å². The van der Waals surface area contributed by atoms with Crippen LogP contribution in [-0.2, 0) is 6.54 Å². The van der Waals surface area contributed by atoms with E-state index < -0.39 is 6.03 Å². The van der Waals surface area contributed by atoms with Crippen molar-refractivity contribution in [2.24, 2.45) is 0 Å². The van der Waals surface area contributed by atoms with E-state index in [-0.39, 0.29) is 11.7 Å². The Morgan fingerprint density at radius 1 is 1.10 bits per heavy atom. The van der Waals surface area contributed by atoms with Crippen LogP contribution in [0.1, 0.15) is 24.2 Å². The number of hydrogen-bond acceptors (Lipinski definition) is 4. The summed E-state index contributed by atoms with van der Waals surface area (Å²) in [7, 11) is 0. The van der Waals surface area contributed by atoms with Crippen LogP contribution in [0.15, 0.2) is 42.5 Å². The van der Waals surface area contributed by atoms with Gasteiger partial charge in [-0.25, -0.2) is 13.9 Å². The van der Waals surface area contributed by atoms with Crippen LogP contribution >= 0.6 is 0 Å². The summed E-state index contributed by atoms with van der Waals surface area (Å²) in [5, 5.41) is 13.6. The zero-order chi connectivity index (χ0) is 20.8. The van der Waals surface area contributed by atoms with Gasteiger partial charge in [-0.3, -0.25) is 4.79 Å². The van der Waals surface area contributed by atoms with Gasteiger partial charge in [0, 0.05) is 30.9 Å². The minimum Gasteiger partial charge on any atom is -0.339 e. The second-order valence-electron chi connectivity index (χ2n) is 6.38. The molecule has 0 saturated carbocycles. The number of amides is 3. The second kappa shape index (κ2) is 9.13. The fraction of sp³-hybridized carbons (Fsp3) is 0.300. The molecule has 29 heavy (non-hydrogen) atoms. The third-order valence-electron chi connectivity index (χ3n) is 4.52. The normalized spacial score (nSPS) is 10.7. The summed E-state index contributed by atoms with van der Waals surface area (Å²) >= 11 is 0. The van der Waals surface area contributed by atoms with E-state index in [2.05, 4.69) is 20.9 Å². The lowest BCUT2D eigenvalue weighted by Gasteiger charge is -2.18. The lowest BCUT2D eigenvalue weighted by atomic mass is 10.1. The number of fused-ring (bicyclic) bond motifs is 1. The smallest absolute Gasteiger partial charge is 0.319 e. The van der Waals surface area contributed by atoms with Crippen molar-refractivity contribution >= 4 is 28.7 Å². The van der Waals surface area contributed by atoms with Crippen LogP contribution < -0.4 is 10.6 Å². The van der Waals surface area contributed by atoms with Crippen molar-refractivity contribution in [3.05, 3.63) is 53.8 Å². The van der Waals surface area contributed by atoms with Crippen LogP contribution in [0, 0.1) is 5.82 Å². The van der Waals surface area contributed by atoms with Crippen LogP contribution in [0.2, 0.25) is 0 Å². The number of anilines is 1. The maximum Gasteiger partial charge on any atom is 0.319 e. The molecular weight excluding hydrogens is 375 g/mol. The zero-order valence-electron chi connectivity index (χ0n) is 16.4. The van der Waals surface area contributed by atoms with Gasteiger partial charge in [0.15, 0.2) is 0 Å². The first-order valence-corrected chi connectivity index (χ1v) is 9.44. The number of carbonyl (C=O) groups excluding carboxylic acids is 2. The molecule has 0 radical (unpaired) electrons. The molecule has 0 aliphatic rings. The Morgan fingerprint density at radius 2 is 1.83 bits per heavy atom. The molecule has 0 unspecified atom stereocenters. The van der Waals surface area contributed by atoms with Gasteiger partial charge < -0.3 is 15.5 Å². The van der Waals surface area contributed by atoms with E-state index in [9.17, 15) is 14.0 Å².